The van der Waals surface area contributed by atoms with Gasteiger partial charge in [-0.05, 0) is 12.5 Å². The van der Waals surface area contributed by atoms with E-state index in [4.69, 9.17) is 9.84 Å². The first-order valence-electron chi connectivity index (χ1n) is 6.63. The SMILES string of the molecule is COc1ccccc1CNC[C@@H]1[C@@H](O)CCN1C(=O)O. The predicted octanol–water partition coefficient (Wildman–Crippen LogP) is 0.898. The average Bonchev–Trinajstić information content (AvgIpc) is 2.81. The van der Waals surface area contributed by atoms with E-state index in [9.17, 15) is 9.90 Å². The molecule has 0 aliphatic carbocycles. The van der Waals surface area contributed by atoms with Gasteiger partial charge in [0.2, 0.25) is 0 Å². The lowest BCUT2D eigenvalue weighted by molar-refractivity contribution is 0.0994. The summed E-state index contributed by atoms with van der Waals surface area (Å²) in [6, 6.07) is 7.27. The van der Waals surface area contributed by atoms with Gasteiger partial charge in [0, 0.05) is 25.2 Å². The van der Waals surface area contributed by atoms with Crippen molar-refractivity contribution >= 4 is 6.09 Å². The van der Waals surface area contributed by atoms with Crippen LogP contribution in [0, 0.1) is 0 Å². The smallest absolute Gasteiger partial charge is 0.407 e. The minimum atomic E-state index is -0.981. The molecule has 1 aromatic rings. The number of aliphatic hydroxyl groups is 1. The maximum Gasteiger partial charge on any atom is 0.407 e. The number of amides is 1. The lowest BCUT2D eigenvalue weighted by Gasteiger charge is -2.24. The second-order valence-electron chi connectivity index (χ2n) is 4.84. The molecule has 0 radical (unpaired) electrons. The summed E-state index contributed by atoms with van der Waals surface area (Å²) in [6.07, 6.45) is -1.09. The number of methoxy groups -OCH3 is 1. The molecule has 0 unspecified atom stereocenters. The molecule has 1 saturated heterocycles. The van der Waals surface area contributed by atoms with E-state index in [-0.39, 0.29) is 6.04 Å². The molecule has 0 bridgehead atoms. The van der Waals surface area contributed by atoms with E-state index in [1.807, 2.05) is 24.3 Å². The molecule has 1 aliphatic heterocycles. The Morgan fingerprint density at radius 1 is 1.50 bits per heavy atom. The number of carboxylic acid groups (broad SMARTS) is 1. The summed E-state index contributed by atoms with van der Waals surface area (Å²) >= 11 is 0. The first-order chi connectivity index (χ1) is 9.63. The number of ether oxygens (including phenoxy) is 1. The maximum absolute atomic E-state index is 11.1. The number of likely N-dealkylation sites (tertiary alicyclic amines) is 1. The van der Waals surface area contributed by atoms with Crippen LogP contribution in [0.15, 0.2) is 24.3 Å². The molecule has 3 N–H and O–H groups in total. The first kappa shape index (κ1) is 14.6. The molecule has 1 amide bonds. The number of nitrogens with zero attached hydrogens (tertiary/aromatic N) is 1. The Labute approximate surface area is 118 Å². The molecule has 6 nitrogen and oxygen atoms in total. The van der Waals surface area contributed by atoms with Gasteiger partial charge < -0.3 is 25.2 Å². The van der Waals surface area contributed by atoms with Crippen LogP contribution >= 0.6 is 0 Å². The van der Waals surface area contributed by atoms with Gasteiger partial charge in [0.05, 0.1) is 19.3 Å². The van der Waals surface area contributed by atoms with Gasteiger partial charge in [0.15, 0.2) is 0 Å². The second-order valence-corrected chi connectivity index (χ2v) is 4.84. The highest BCUT2D eigenvalue weighted by Crippen LogP contribution is 2.19. The minimum Gasteiger partial charge on any atom is -0.496 e. The molecule has 2 atom stereocenters. The van der Waals surface area contributed by atoms with Gasteiger partial charge in [-0.25, -0.2) is 4.79 Å². The number of para-hydroxylation sites is 1. The molecule has 20 heavy (non-hydrogen) atoms. The molecule has 1 fully saturated rings. The van der Waals surface area contributed by atoms with Crippen molar-refractivity contribution in [3.8, 4) is 5.75 Å². The van der Waals surface area contributed by atoms with Crippen molar-refractivity contribution < 1.29 is 19.7 Å². The molecular formula is C14H20N2O4. The number of carbonyl (C=O) groups is 1. The third-order valence-electron chi connectivity index (χ3n) is 3.62. The Bertz CT molecular complexity index is 466. The molecule has 0 spiro atoms. The monoisotopic (exact) mass is 280 g/mol. The van der Waals surface area contributed by atoms with Crippen molar-refractivity contribution in [2.45, 2.75) is 25.1 Å². The fourth-order valence-corrected chi connectivity index (χ4v) is 2.52. The van der Waals surface area contributed by atoms with Crippen molar-refractivity contribution in [3.63, 3.8) is 0 Å². The van der Waals surface area contributed by atoms with Crippen LogP contribution in [0.5, 0.6) is 5.75 Å². The zero-order valence-corrected chi connectivity index (χ0v) is 11.5. The molecule has 6 heteroatoms. The first-order valence-corrected chi connectivity index (χ1v) is 6.63. The standard InChI is InChI=1S/C14H20N2O4/c1-20-13-5-3-2-4-10(13)8-15-9-11-12(17)6-7-16(11)14(18)19/h2-5,11-12,15,17H,6-9H2,1H3,(H,18,19)/t11-,12+/m1/s1. The molecule has 1 aliphatic rings. The van der Waals surface area contributed by atoms with E-state index in [0.29, 0.717) is 26.1 Å². The van der Waals surface area contributed by atoms with Gasteiger partial charge in [-0.1, -0.05) is 18.2 Å². The predicted molar refractivity (Wildman–Crippen MR) is 73.8 cm³/mol. The largest absolute Gasteiger partial charge is 0.496 e. The van der Waals surface area contributed by atoms with Crippen molar-refractivity contribution in [2.24, 2.45) is 0 Å². The quantitative estimate of drug-likeness (QED) is 0.746. The molecule has 1 aromatic carbocycles. The summed E-state index contributed by atoms with van der Waals surface area (Å²) in [5, 5.41) is 22.1. The highest BCUT2D eigenvalue weighted by molar-refractivity contribution is 5.66. The highest BCUT2D eigenvalue weighted by Gasteiger charge is 2.35. The number of hydrogen-bond acceptors (Lipinski definition) is 4. The van der Waals surface area contributed by atoms with E-state index >= 15 is 0 Å². The van der Waals surface area contributed by atoms with Gasteiger partial charge in [-0.3, -0.25) is 0 Å². The van der Waals surface area contributed by atoms with Gasteiger partial charge in [-0.2, -0.15) is 0 Å². The molecule has 1 heterocycles. The Kier molecular flexibility index (Phi) is 4.81. The van der Waals surface area contributed by atoms with Crippen LogP contribution in [-0.2, 0) is 6.54 Å². The average molecular weight is 280 g/mol. The number of nitrogens with one attached hydrogen (secondary N) is 1. The summed E-state index contributed by atoms with van der Waals surface area (Å²) in [6.45, 7) is 1.38. The van der Waals surface area contributed by atoms with Crippen LogP contribution < -0.4 is 10.1 Å². The minimum absolute atomic E-state index is 0.386. The van der Waals surface area contributed by atoms with Gasteiger partial charge in [0.1, 0.15) is 5.75 Å². The van der Waals surface area contributed by atoms with Crippen molar-refractivity contribution in [1.82, 2.24) is 10.2 Å². The van der Waals surface area contributed by atoms with Gasteiger partial charge in [0.25, 0.3) is 0 Å². The topological polar surface area (TPSA) is 82.0 Å². The fourth-order valence-electron chi connectivity index (χ4n) is 2.52. The molecule has 0 saturated carbocycles. The van der Waals surface area contributed by atoms with Crippen molar-refractivity contribution in [3.05, 3.63) is 29.8 Å². The molecule has 0 aromatic heterocycles. The lowest BCUT2D eigenvalue weighted by atomic mass is 10.1. The summed E-state index contributed by atoms with van der Waals surface area (Å²) in [4.78, 5) is 12.3. The third kappa shape index (κ3) is 3.20. The van der Waals surface area contributed by atoms with Crippen LogP contribution in [0.1, 0.15) is 12.0 Å². The van der Waals surface area contributed by atoms with Crippen LogP contribution in [0.4, 0.5) is 4.79 Å². The van der Waals surface area contributed by atoms with Crippen LogP contribution in [0.3, 0.4) is 0 Å². The van der Waals surface area contributed by atoms with E-state index in [2.05, 4.69) is 5.32 Å². The van der Waals surface area contributed by atoms with Crippen LogP contribution in [-0.4, -0.2) is 53.6 Å². The Morgan fingerprint density at radius 3 is 2.95 bits per heavy atom. The van der Waals surface area contributed by atoms with E-state index < -0.39 is 12.2 Å². The fraction of sp³-hybridized carbons (Fsp3) is 0.500. The van der Waals surface area contributed by atoms with E-state index in [1.54, 1.807) is 7.11 Å². The summed E-state index contributed by atoms with van der Waals surface area (Å²) in [5.74, 6) is 0.794. The highest BCUT2D eigenvalue weighted by atomic mass is 16.5. The Morgan fingerprint density at radius 2 is 2.25 bits per heavy atom. The van der Waals surface area contributed by atoms with E-state index in [0.717, 1.165) is 11.3 Å². The molecular weight excluding hydrogens is 260 g/mol. The number of benzene rings is 1. The lowest BCUT2D eigenvalue weighted by Crippen LogP contribution is -2.45. The van der Waals surface area contributed by atoms with Gasteiger partial charge in [-0.15, -0.1) is 0 Å². The second kappa shape index (κ2) is 6.58. The van der Waals surface area contributed by atoms with Crippen LogP contribution in [0.25, 0.3) is 0 Å². The number of aliphatic hydroxyl groups excluding tert-OH is 1. The number of hydrogen-bond donors (Lipinski definition) is 3. The van der Waals surface area contributed by atoms with Crippen molar-refractivity contribution in [1.29, 1.82) is 0 Å². The molecule has 110 valence electrons. The van der Waals surface area contributed by atoms with Gasteiger partial charge >= 0.3 is 6.09 Å². The third-order valence-corrected chi connectivity index (χ3v) is 3.62. The molecule has 2 rings (SSSR count). The number of rotatable bonds is 5. The maximum atomic E-state index is 11.1. The Balaban J connectivity index is 1.90. The zero-order chi connectivity index (χ0) is 14.5. The zero-order valence-electron chi connectivity index (χ0n) is 11.5. The van der Waals surface area contributed by atoms with Crippen molar-refractivity contribution in [2.75, 3.05) is 20.2 Å². The summed E-state index contributed by atoms with van der Waals surface area (Å²) < 4.78 is 5.25. The Hall–Kier alpha value is -1.79. The van der Waals surface area contributed by atoms with E-state index in [1.165, 1.54) is 4.90 Å². The van der Waals surface area contributed by atoms with Crippen LogP contribution in [0.2, 0.25) is 0 Å². The normalized spacial score (nSPS) is 22.0. The summed E-state index contributed by atoms with van der Waals surface area (Å²) in [7, 11) is 1.62. The summed E-state index contributed by atoms with van der Waals surface area (Å²) in [5.41, 5.74) is 1.00.